The molecule has 19 heavy (non-hydrogen) atoms. The van der Waals surface area contributed by atoms with Crippen molar-refractivity contribution in [3.8, 4) is 5.69 Å². The molecule has 0 radical (unpaired) electrons. The predicted molar refractivity (Wildman–Crippen MR) is 73.9 cm³/mol. The van der Waals surface area contributed by atoms with E-state index in [0.29, 0.717) is 11.3 Å². The summed E-state index contributed by atoms with van der Waals surface area (Å²) in [6, 6.07) is 7.75. The maximum atomic E-state index is 13.3. The van der Waals surface area contributed by atoms with E-state index < -0.39 is 5.54 Å². The van der Waals surface area contributed by atoms with Crippen LogP contribution in [0.1, 0.15) is 25.1 Å². The Kier molecular flexibility index (Phi) is 3.28. The van der Waals surface area contributed by atoms with Gasteiger partial charge in [0.15, 0.2) is 5.43 Å². The third kappa shape index (κ3) is 2.74. The van der Waals surface area contributed by atoms with E-state index in [9.17, 15) is 9.18 Å². The molecule has 2 rings (SSSR count). The van der Waals surface area contributed by atoms with Crippen LogP contribution in [0, 0.1) is 12.7 Å². The second kappa shape index (κ2) is 4.63. The quantitative estimate of drug-likeness (QED) is 0.901. The molecular weight excluding hydrogens is 243 g/mol. The number of benzene rings is 1. The number of pyridine rings is 1. The molecule has 0 saturated heterocycles. The Bertz CT molecular complexity index is 669. The van der Waals surface area contributed by atoms with Gasteiger partial charge in [-0.15, -0.1) is 0 Å². The topological polar surface area (TPSA) is 48.0 Å². The second-order valence-corrected chi connectivity index (χ2v) is 5.26. The smallest absolute Gasteiger partial charge is 0.186 e. The van der Waals surface area contributed by atoms with Gasteiger partial charge in [-0.1, -0.05) is 6.07 Å². The molecule has 0 fully saturated rings. The molecule has 0 aliphatic heterocycles. The molecular formula is C15H17FN2O. The first-order valence-corrected chi connectivity index (χ1v) is 6.07. The number of nitrogens with two attached hydrogens (primary N) is 1. The molecule has 0 unspecified atom stereocenters. The standard InChI is InChI=1S/C15H17FN2O/c1-10-7-14(19)13(15(2,3)17)9-18(10)12-6-4-5-11(16)8-12/h4-9H,17H2,1-3H3. The van der Waals surface area contributed by atoms with Gasteiger partial charge in [0.25, 0.3) is 0 Å². The lowest BCUT2D eigenvalue weighted by Crippen LogP contribution is -2.35. The third-order valence-electron chi connectivity index (χ3n) is 3.02. The van der Waals surface area contributed by atoms with Crippen LogP contribution in [0.2, 0.25) is 0 Å². The molecule has 2 aromatic rings. The van der Waals surface area contributed by atoms with Crippen molar-refractivity contribution in [3.05, 3.63) is 63.8 Å². The number of nitrogens with zero attached hydrogens (tertiary/aromatic N) is 1. The van der Waals surface area contributed by atoms with Gasteiger partial charge in [0.1, 0.15) is 5.82 Å². The number of aromatic nitrogens is 1. The number of hydrogen-bond acceptors (Lipinski definition) is 2. The van der Waals surface area contributed by atoms with Gasteiger partial charge in [-0.25, -0.2) is 4.39 Å². The number of rotatable bonds is 2. The Labute approximate surface area is 111 Å². The lowest BCUT2D eigenvalue weighted by atomic mass is 9.96. The fourth-order valence-electron chi connectivity index (χ4n) is 2.02. The van der Waals surface area contributed by atoms with Crippen molar-refractivity contribution in [2.45, 2.75) is 26.3 Å². The first-order valence-electron chi connectivity index (χ1n) is 6.07. The first kappa shape index (κ1) is 13.5. The summed E-state index contributed by atoms with van der Waals surface area (Å²) in [4.78, 5) is 12.0. The van der Waals surface area contributed by atoms with Gasteiger partial charge in [0, 0.05) is 34.7 Å². The van der Waals surface area contributed by atoms with Crippen LogP contribution in [0.25, 0.3) is 5.69 Å². The maximum absolute atomic E-state index is 13.3. The Balaban J connectivity index is 2.68. The fraction of sp³-hybridized carbons (Fsp3) is 0.267. The summed E-state index contributed by atoms with van der Waals surface area (Å²) in [6.45, 7) is 5.35. The van der Waals surface area contributed by atoms with Gasteiger partial charge < -0.3 is 10.3 Å². The van der Waals surface area contributed by atoms with Crippen LogP contribution in [-0.4, -0.2) is 4.57 Å². The van der Waals surface area contributed by atoms with Crippen LogP contribution >= 0.6 is 0 Å². The summed E-state index contributed by atoms with van der Waals surface area (Å²) >= 11 is 0. The van der Waals surface area contributed by atoms with Crippen LogP contribution < -0.4 is 11.2 Å². The average Bonchev–Trinajstić information content (AvgIpc) is 2.27. The Morgan fingerprint density at radius 3 is 2.53 bits per heavy atom. The minimum Gasteiger partial charge on any atom is -0.322 e. The van der Waals surface area contributed by atoms with E-state index in [0.717, 1.165) is 5.69 Å². The van der Waals surface area contributed by atoms with Crippen LogP contribution in [0.3, 0.4) is 0 Å². The van der Waals surface area contributed by atoms with E-state index in [2.05, 4.69) is 0 Å². The molecule has 3 nitrogen and oxygen atoms in total. The third-order valence-corrected chi connectivity index (χ3v) is 3.02. The SMILES string of the molecule is Cc1cc(=O)c(C(C)(C)N)cn1-c1cccc(F)c1. The van der Waals surface area contributed by atoms with Gasteiger partial charge in [-0.2, -0.15) is 0 Å². The van der Waals surface area contributed by atoms with E-state index in [1.54, 1.807) is 43.7 Å². The molecule has 0 amide bonds. The van der Waals surface area contributed by atoms with Gasteiger partial charge in [0.05, 0.1) is 0 Å². The van der Waals surface area contributed by atoms with E-state index in [-0.39, 0.29) is 11.2 Å². The first-order chi connectivity index (χ1) is 8.79. The molecule has 1 aromatic heterocycles. The fourth-order valence-corrected chi connectivity index (χ4v) is 2.02. The normalized spacial score (nSPS) is 11.6. The van der Waals surface area contributed by atoms with Crippen LogP contribution in [-0.2, 0) is 5.54 Å². The van der Waals surface area contributed by atoms with Gasteiger partial charge in [-0.3, -0.25) is 4.79 Å². The highest BCUT2D eigenvalue weighted by atomic mass is 19.1. The molecule has 0 aliphatic carbocycles. The second-order valence-electron chi connectivity index (χ2n) is 5.26. The van der Waals surface area contributed by atoms with Crippen molar-refractivity contribution in [2.75, 3.05) is 0 Å². The van der Waals surface area contributed by atoms with E-state index in [4.69, 9.17) is 5.73 Å². The Morgan fingerprint density at radius 1 is 1.26 bits per heavy atom. The summed E-state index contributed by atoms with van der Waals surface area (Å²) in [6.07, 6.45) is 1.69. The minimum absolute atomic E-state index is 0.0994. The highest BCUT2D eigenvalue weighted by Crippen LogP contribution is 2.17. The molecule has 1 aromatic carbocycles. The molecule has 2 N–H and O–H groups in total. The predicted octanol–water partition coefficient (Wildman–Crippen LogP) is 2.48. The monoisotopic (exact) mass is 260 g/mol. The maximum Gasteiger partial charge on any atom is 0.186 e. The van der Waals surface area contributed by atoms with Gasteiger partial charge >= 0.3 is 0 Å². The van der Waals surface area contributed by atoms with E-state index >= 15 is 0 Å². The molecule has 4 heteroatoms. The van der Waals surface area contributed by atoms with Gasteiger partial charge in [0.2, 0.25) is 0 Å². The molecule has 0 spiro atoms. The Hall–Kier alpha value is -1.94. The number of halogens is 1. The molecule has 1 heterocycles. The van der Waals surface area contributed by atoms with Crippen molar-refractivity contribution in [1.82, 2.24) is 4.57 Å². The zero-order valence-electron chi connectivity index (χ0n) is 11.3. The van der Waals surface area contributed by atoms with E-state index in [1.165, 1.54) is 18.2 Å². The lowest BCUT2D eigenvalue weighted by Gasteiger charge is -2.21. The molecule has 0 saturated carbocycles. The highest BCUT2D eigenvalue weighted by Gasteiger charge is 2.19. The molecule has 0 aliphatic rings. The zero-order valence-corrected chi connectivity index (χ0v) is 11.3. The van der Waals surface area contributed by atoms with Crippen molar-refractivity contribution in [2.24, 2.45) is 5.73 Å². The van der Waals surface area contributed by atoms with Crippen molar-refractivity contribution >= 4 is 0 Å². The van der Waals surface area contributed by atoms with E-state index in [1.807, 2.05) is 0 Å². The van der Waals surface area contributed by atoms with Crippen molar-refractivity contribution in [1.29, 1.82) is 0 Å². The summed E-state index contributed by atoms with van der Waals surface area (Å²) in [5.41, 5.74) is 7.07. The van der Waals surface area contributed by atoms with Gasteiger partial charge in [-0.05, 0) is 39.0 Å². The largest absolute Gasteiger partial charge is 0.322 e. The number of hydrogen-bond donors (Lipinski definition) is 1. The van der Waals surface area contributed by atoms with Crippen molar-refractivity contribution < 1.29 is 4.39 Å². The summed E-state index contributed by atoms with van der Waals surface area (Å²) in [5, 5.41) is 0. The molecule has 0 atom stereocenters. The average molecular weight is 260 g/mol. The highest BCUT2D eigenvalue weighted by molar-refractivity contribution is 5.37. The summed E-state index contributed by atoms with van der Waals surface area (Å²) < 4.78 is 15.1. The summed E-state index contributed by atoms with van der Waals surface area (Å²) in [5.74, 6) is -0.316. The number of aryl methyl sites for hydroxylation is 1. The van der Waals surface area contributed by atoms with Crippen molar-refractivity contribution in [3.63, 3.8) is 0 Å². The summed E-state index contributed by atoms with van der Waals surface area (Å²) in [7, 11) is 0. The Morgan fingerprint density at radius 2 is 1.95 bits per heavy atom. The van der Waals surface area contributed by atoms with Crippen LogP contribution in [0.5, 0.6) is 0 Å². The molecule has 100 valence electrons. The molecule has 0 bridgehead atoms. The van der Waals surface area contributed by atoms with Crippen LogP contribution in [0.4, 0.5) is 4.39 Å². The van der Waals surface area contributed by atoms with Crippen LogP contribution in [0.15, 0.2) is 41.3 Å². The lowest BCUT2D eigenvalue weighted by molar-refractivity contribution is 0.544. The minimum atomic E-state index is -0.736. The zero-order chi connectivity index (χ0) is 14.2.